The maximum absolute atomic E-state index is 12.3. The summed E-state index contributed by atoms with van der Waals surface area (Å²) in [6, 6.07) is 0. The molecule has 0 heterocycles. The number of hydrogen-bond acceptors (Lipinski definition) is 1. The van der Waals surface area contributed by atoms with E-state index in [1.165, 1.54) is 0 Å². The average Bonchev–Trinajstić information content (AvgIpc) is 2.15. The number of carbonyl (C=O) groups is 1. The van der Waals surface area contributed by atoms with Crippen molar-refractivity contribution >= 4 is 5.97 Å². The number of hydrogen-bond donors (Lipinski definition) is 1. The number of carboxylic acids is 1. The SMILES string of the molecule is O=C(O)CC(CC(F)(F)F)C1CCCCC1. The summed E-state index contributed by atoms with van der Waals surface area (Å²) < 4.78 is 37.0. The minimum Gasteiger partial charge on any atom is -0.481 e. The third kappa shape index (κ3) is 4.86. The summed E-state index contributed by atoms with van der Waals surface area (Å²) in [5.74, 6) is -1.93. The van der Waals surface area contributed by atoms with Crippen LogP contribution < -0.4 is 0 Å². The lowest BCUT2D eigenvalue weighted by atomic mass is 9.77. The predicted octanol–water partition coefficient (Wildman–Crippen LogP) is 3.61. The van der Waals surface area contributed by atoms with Crippen molar-refractivity contribution in [2.24, 2.45) is 11.8 Å². The Labute approximate surface area is 92.8 Å². The van der Waals surface area contributed by atoms with E-state index in [0.717, 1.165) is 32.1 Å². The summed E-state index contributed by atoms with van der Waals surface area (Å²) in [5.41, 5.74) is 0. The fourth-order valence-electron chi connectivity index (χ4n) is 2.53. The first kappa shape index (κ1) is 13.3. The van der Waals surface area contributed by atoms with Gasteiger partial charge in [0.2, 0.25) is 0 Å². The minimum absolute atomic E-state index is 0.0634. The van der Waals surface area contributed by atoms with Gasteiger partial charge < -0.3 is 5.11 Å². The molecule has 0 amide bonds. The second kappa shape index (κ2) is 5.55. The van der Waals surface area contributed by atoms with E-state index in [-0.39, 0.29) is 12.3 Å². The van der Waals surface area contributed by atoms with Crippen molar-refractivity contribution in [1.82, 2.24) is 0 Å². The summed E-state index contributed by atoms with van der Waals surface area (Å²) in [7, 11) is 0. The maximum atomic E-state index is 12.3. The van der Waals surface area contributed by atoms with Crippen molar-refractivity contribution in [3.63, 3.8) is 0 Å². The molecule has 0 saturated heterocycles. The highest BCUT2D eigenvalue weighted by atomic mass is 19.4. The van der Waals surface area contributed by atoms with Gasteiger partial charge in [-0.15, -0.1) is 0 Å². The van der Waals surface area contributed by atoms with Crippen molar-refractivity contribution < 1.29 is 23.1 Å². The Balaban J connectivity index is 2.58. The van der Waals surface area contributed by atoms with Crippen molar-refractivity contribution in [3.8, 4) is 0 Å². The van der Waals surface area contributed by atoms with Crippen LogP contribution in [0.4, 0.5) is 13.2 Å². The Morgan fingerprint density at radius 1 is 1.25 bits per heavy atom. The van der Waals surface area contributed by atoms with E-state index < -0.39 is 24.5 Å². The molecule has 1 rings (SSSR count). The molecule has 0 bridgehead atoms. The second-order valence-corrected chi connectivity index (χ2v) is 4.58. The van der Waals surface area contributed by atoms with Crippen molar-refractivity contribution in [2.45, 2.75) is 51.1 Å². The molecule has 94 valence electrons. The van der Waals surface area contributed by atoms with E-state index in [4.69, 9.17) is 5.11 Å². The summed E-state index contributed by atoms with van der Waals surface area (Å²) in [6.07, 6.45) is -1.16. The second-order valence-electron chi connectivity index (χ2n) is 4.58. The quantitative estimate of drug-likeness (QED) is 0.812. The molecule has 0 aromatic rings. The molecule has 1 aliphatic rings. The lowest BCUT2D eigenvalue weighted by Crippen LogP contribution is -2.26. The molecule has 0 radical (unpaired) electrons. The van der Waals surface area contributed by atoms with Crippen LogP contribution in [0.2, 0.25) is 0 Å². The van der Waals surface area contributed by atoms with Crippen LogP contribution in [0.25, 0.3) is 0 Å². The summed E-state index contributed by atoms with van der Waals surface area (Å²) in [6.45, 7) is 0. The first-order chi connectivity index (χ1) is 7.38. The lowest BCUT2D eigenvalue weighted by molar-refractivity contribution is -0.155. The first-order valence-corrected chi connectivity index (χ1v) is 5.67. The number of rotatable bonds is 4. The van der Waals surface area contributed by atoms with Gasteiger partial charge in [-0.25, -0.2) is 0 Å². The van der Waals surface area contributed by atoms with Gasteiger partial charge in [-0.3, -0.25) is 4.79 Å². The Kier molecular flexibility index (Phi) is 4.62. The van der Waals surface area contributed by atoms with Gasteiger partial charge in [-0.1, -0.05) is 32.1 Å². The van der Waals surface area contributed by atoms with Crippen molar-refractivity contribution in [2.75, 3.05) is 0 Å². The van der Waals surface area contributed by atoms with E-state index in [1.807, 2.05) is 0 Å². The normalized spacial score (nSPS) is 20.7. The van der Waals surface area contributed by atoms with Gasteiger partial charge in [0.1, 0.15) is 0 Å². The van der Waals surface area contributed by atoms with Gasteiger partial charge >= 0.3 is 12.1 Å². The van der Waals surface area contributed by atoms with Crippen LogP contribution in [-0.4, -0.2) is 17.3 Å². The van der Waals surface area contributed by atoms with Crippen LogP contribution in [0, 0.1) is 11.8 Å². The maximum Gasteiger partial charge on any atom is 0.389 e. The van der Waals surface area contributed by atoms with Crippen LogP contribution in [0.3, 0.4) is 0 Å². The Bertz CT molecular complexity index is 232. The van der Waals surface area contributed by atoms with Gasteiger partial charge in [0.05, 0.1) is 0 Å². The molecule has 0 aromatic carbocycles. The highest BCUT2D eigenvalue weighted by Crippen LogP contribution is 2.38. The molecule has 1 atom stereocenters. The summed E-state index contributed by atoms with van der Waals surface area (Å²) in [5, 5.41) is 8.64. The standard InChI is InChI=1S/C11H17F3O2/c12-11(13,14)7-9(6-10(15)16)8-4-2-1-3-5-8/h8-9H,1-7H2,(H,15,16). The minimum atomic E-state index is -4.25. The molecular weight excluding hydrogens is 221 g/mol. The van der Waals surface area contributed by atoms with Gasteiger partial charge in [0, 0.05) is 12.8 Å². The molecule has 2 nitrogen and oxygen atoms in total. The zero-order valence-electron chi connectivity index (χ0n) is 9.09. The molecule has 1 aliphatic carbocycles. The zero-order chi connectivity index (χ0) is 12.2. The number of alkyl halides is 3. The smallest absolute Gasteiger partial charge is 0.389 e. The topological polar surface area (TPSA) is 37.3 Å². The van der Waals surface area contributed by atoms with E-state index in [0.29, 0.717) is 0 Å². The molecule has 0 aliphatic heterocycles. The van der Waals surface area contributed by atoms with Gasteiger partial charge in [0.15, 0.2) is 0 Å². The molecule has 5 heteroatoms. The Morgan fingerprint density at radius 3 is 2.25 bits per heavy atom. The van der Waals surface area contributed by atoms with Crippen LogP contribution in [0.1, 0.15) is 44.9 Å². The zero-order valence-corrected chi connectivity index (χ0v) is 9.09. The molecule has 0 aromatic heterocycles. The number of aliphatic carboxylic acids is 1. The van der Waals surface area contributed by atoms with Gasteiger partial charge in [-0.05, 0) is 11.8 Å². The average molecular weight is 238 g/mol. The largest absolute Gasteiger partial charge is 0.481 e. The number of halogens is 3. The third-order valence-electron chi connectivity index (χ3n) is 3.25. The van der Waals surface area contributed by atoms with E-state index in [9.17, 15) is 18.0 Å². The van der Waals surface area contributed by atoms with Crippen LogP contribution in [-0.2, 0) is 4.79 Å². The van der Waals surface area contributed by atoms with Gasteiger partial charge in [-0.2, -0.15) is 13.2 Å². The molecule has 16 heavy (non-hydrogen) atoms. The summed E-state index contributed by atoms with van der Waals surface area (Å²) in [4.78, 5) is 10.6. The molecule has 1 fully saturated rings. The molecule has 1 saturated carbocycles. The Hall–Kier alpha value is -0.740. The molecule has 1 unspecified atom stereocenters. The monoisotopic (exact) mass is 238 g/mol. The highest BCUT2D eigenvalue weighted by molar-refractivity contribution is 5.67. The van der Waals surface area contributed by atoms with Gasteiger partial charge in [0.25, 0.3) is 0 Å². The van der Waals surface area contributed by atoms with E-state index in [1.54, 1.807) is 0 Å². The summed E-state index contributed by atoms with van der Waals surface area (Å²) >= 11 is 0. The number of carboxylic acid groups (broad SMARTS) is 1. The van der Waals surface area contributed by atoms with Crippen molar-refractivity contribution in [1.29, 1.82) is 0 Å². The van der Waals surface area contributed by atoms with E-state index in [2.05, 4.69) is 0 Å². The van der Waals surface area contributed by atoms with Crippen LogP contribution >= 0.6 is 0 Å². The van der Waals surface area contributed by atoms with Crippen molar-refractivity contribution in [3.05, 3.63) is 0 Å². The fourth-order valence-corrected chi connectivity index (χ4v) is 2.53. The molecular formula is C11H17F3O2. The highest BCUT2D eigenvalue weighted by Gasteiger charge is 2.36. The van der Waals surface area contributed by atoms with Crippen LogP contribution in [0.5, 0.6) is 0 Å². The van der Waals surface area contributed by atoms with E-state index >= 15 is 0 Å². The lowest BCUT2D eigenvalue weighted by Gasteiger charge is -2.29. The molecule has 1 N–H and O–H groups in total. The predicted molar refractivity (Wildman–Crippen MR) is 53.0 cm³/mol. The third-order valence-corrected chi connectivity index (χ3v) is 3.25. The Morgan fingerprint density at radius 2 is 1.81 bits per heavy atom. The van der Waals surface area contributed by atoms with Crippen LogP contribution in [0.15, 0.2) is 0 Å². The molecule has 0 spiro atoms. The first-order valence-electron chi connectivity index (χ1n) is 5.67. The fraction of sp³-hybridized carbons (Fsp3) is 0.909.